The minimum atomic E-state index is -1.71. The highest BCUT2D eigenvalue weighted by atomic mass is 79.9. The zero-order chi connectivity index (χ0) is 22.7. The average Bonchev–Trinajstić information content (AvgIpc) is 2.68. The van der Waals surface area contributed by atoms with Crippen LogP contribution in [0.2, 0.25) is 0 Å². The van der Waals surface area contributed by atoms with Gasteiger partial charge in [0.1, 0.15) is 13.1 Å². The van der Waals surface area contributed by atoms with Crippen molar-refractivity contribution in [3.8, 4) is 0 Å². The maximum atomic E-state index is 13.7. The lowest BCUT2D eigenvalue weighted by Gasteiger charge is -2.59. The molecule has 2 amide bonds. The molecule has 0 radical (unpaired) electrons. The molecular formula is C21H28Br2N2O5. The van der Waals surface area contributed by atoms with Crippen LogP contribution in [-0.4, -0.2) is 55.4 Å². The second-order valence-corrected chi connectivity index (χ2v) is 10.0. The van der Waals surface area contributed by atoms with Crippen molar-refractivity contribution in [3.63, 3.8) is 0 Å². The van der Waals surface area contributed by atoms with E-state index >= 15 is 0 Å². The Hall–Kier alpha value is -1.45. The first kappa shape index (κ1) is 24.8. The number of halogens is 2. The summed E-state index contributed by atoms with van der Waals surface area (Å²) in [5.41, 5.74) is -1.95. The number of alkyl halides is 2. The molecule has 0 aliphatic carbocycles. The number of carboxylic acids is 1. The highest BCUT2D eigenvalue weighted by Gasteiger charge is 2.66. The second-order valence-electron chi connectivity index (χ2n) is 8.73. The van der Waals surface area contributed by atoms with Crippen LogP contribution in [0.1, 0.15) is 39.2 Å². The van der Waals surface area contributed by atoms with E-state index in [9.17, 15) is 24.6 Å². The van der Waals surface area contributed by atoms with E-state index < -0.39 is 39.4 Å². The molecule has 2 atom stereocenters. The number of carboxylic acid groups (broad SMARTS) is 2. The molecule has 1 aliphatic heterocycles. The van der Waals surface area contributed by atoms with E-state index in [1.54, 1.807) is 45.0 Å². The summed E-state index contributed by atoms with van der Waals surface area (Å²) in [7, 11) is 0. The number of benzene rings is 1. The number of carbonyl (C=O) groups is 3. The molecule has 1 fully saturated rings. The Labute approximate surface area is 193 Å². The SMILES string of the molecule is CC(C)(C)C1(C(=O)O)CCC[N+](Cc2ccccc2)(C(=O)[O-])N1C(=O)C(CBr)CBr. The zero-order valence-electron chi connectivity index (χ0n) is 17.4. The molecule has 1 aromatic rings. The fraction of sp³-hybridized carbons (Fsp3) is 0.571. The van der Waals surface area contributed by atoms with Crippen LogP contribution < -0.4 is 5.11 Å². The summed E-state index contributed by atoms with van der Waals surface area (Å²) in [6.45, 7) is 5.20. The van der Waals surface area contributed by atoms with Crippen LogP contribution in [0.3, 0.4) is 0 Å². The van der Waals surface area contributed by atoms with E-state index in [1.165, 1.54) is 0 Å². The zero-order valence-corrected chi connectivity index (χ0v) is 20.6. The smallest absolute Gasteiger partial charge is 0.335 e. The minimum Gasteiger partial charge on any atom is -0.496 e. The Bertz CT molecular complexity index is 794. The lowest BCUT2D eigenvalue weighted by Crippen LogP contribution is -2.81. The summed E-state index contributed by atoms with van der Waals surface area (Å²) in [6, 6.07) is 8.92. The van der Waals surface area contributed by atoms with Gasteiger partial charge >= 0.3 is 5.97 Å². The third-order valence-electron chi connectivity index (χ3n) is 5.96. The van der Waals surface area contributed by atoms with Crippen molar-refractivity contribution in [1.29, 1.82) is 0 Å². The summed E-state index contributed by atoms with van der Waals surface area (Å²) >= 11 is 6.63. The lowest BCUT2D eigenvalue weighted by atomic mass is 9.68. The average molecular weight is 548 g/mol. The van der Waals surface area contributed by atoms with Crippen molar-refractivity contribution in [1.82, 2.24) is 5.01 Å². The lowest BCUT2D eigenvalue weighted by molar-refractivity contribution is -0.997. The van der Waals surface area contributed by atoms with Crippen LogP contribution in [0.15, 0.2) is 30.3 Å². The number of amides is 2. The highest BCUT2D eigenvalue weighted by molar-refractivity contribution is 9.09. The van der Waals surface area contributed by atoms with Crippen molar-refractivity contribution >= 4 is 49.8 Å². The summed E-state index contributed by atoms with van der Waals surface area (Å²) in [6.07, 6.45) is -0.983. The first-order chi connectivity index (χ1) is 14.0. The number of hydrogen-bond donors (Lipinski definition) is 1. The Morgan fingerprint density at radius 3 is 2.20 bits per heavy atom. The van der Waals surface area contributed by atoms with E-state index in [4.69, 9.17) is 0 Å². The Morgan fingerprint density at radius 2 is 1.77 bits per heavy atom. The first-order valence-electron chi connectivity index (χ1n) is 9.80. The third-order valence-corrected chi connectivity index (χ3v) is 7.53. The molecule has 7 nitrogen and oxygen atoms in total. The standard InChI is InChI=1S/C21H28Br2N2O5/c1-20(2,3)21(18(27)28)10-7-11-25(19(29)30,14-15-8-5-4-6-9-15)24(21)17(26)16(12-22)13-23/h4-6,8-9,16H,7,10-14H2,1-3H3,(H-,27,28,29,30). The number of aliphatic carboxylic acids is 1. The molecule has 166 valence electrons. The normalized spacial score (nSPS) is 24.7. The molecule has 1 heterocycles. The van der Waals surface area contributed by atoms with E-state index in [1.807, 2.05) is 6.07 Å². The molecule has 0 aromatic heterocycles. The fourth-order valence-corrected chi connectivity index (χ4v) is 5.96. The van der Waals surface area contributed by atoms with Gasteiger partial charge in [-0.15, -0.1) is 0 Å². The topological polar surface area (TPSA) is 97.7 Å². The van der Waals surface area contributed by atoms with E-state index in [-0.39, 0.29) is 30.2 Å². The predicted octanol–water partition coefficient (Wildman–Crippen LogP) is 3.16. The van der Waals surface area contributed by atoms with E-state index in [0.29, 0.717) is 12.0 Å². The molecule has 0 saturated carbocycles. The molecule has 9 heteroatoms. The van der Waals surface area contributed by atoms with E-state index in [0.717, 1.165) is 5.01 Å². The van der Waals surface area contributed by atoms with Gasteiger partial charge in [-0.3, -0.25) is 4.79 Å². The van der Waals surface area contributed by atoms with Crippen molar-refractivity contribution in [2.75, 3.05) is 17.2 Å². The van der Waals surface area contributed by atoms with Crippen LogP contribution in [0, 0.1) is 11.3 Å². The molecule has 1 aliphatic rings. The van der Waals surface area contributed by atoms with Crippen LogP contribution in [-0.2, 0) is 16.1 Å². The van der Waals surface area contributed by atoms with Crippen LogP contribution in [0.25, 0.3) is 0 Å². The molecule has 2 unspecified atom stereocenters. The molecule has 1 saturated heterocycles. The van der Waals surface area contributed by atoms with Gasteiger partial charge in [0.2, 0.25) is 0 Å². The largest absolute Gasteiger partial charge is 0.496 e. The summed E-state index contributed by atoms with van der Waals surface area (Å²) < 4.78 is -0.872. The van der Waals surface area contributed by atoms with Gasteiger partial charge in [-0.25, -0.2) is 4.79 Å². The van der Waals surface area contributed by atoms with Crippen molar-refractivity contribution in [3.05, 3.63) is 35.9 Å². The third kappa shape index (κ3) is 4.16. The molecule has 2 rings (SSSR count). The number of hydrogen-bond acceptors (Lipinski definition) is 4. The monoisotopic (exact) mass is 546 g/mol. The Balaban J connectivity index is 2.81. The summed E-state index contributed by atoms with van der Waals surface area (Å²) in [5, 5.41) is 24.7. The van der Waals surface area contributed by atoms with Crippen molar-refractivity contribution < 1.29 is 29.2 Å². The predicted molar refractivity (Wildman–Crippen MR) is 118 cm³/mol. The van der Waals surface area contributed by atoms with Gasteiger partial charge in [-0.1, -0.05) is 83.0 Å². The number of rotatable bonds is 6. The highest BCUT2D eigenvalue weighted by Crippen LogP contribution is 2.47. The second kappa shape index (κ2) is 9.36. The van der Waals surface area contributed by atoms with Crippen LogP contribution >= 0.6 is 31.9 Å². The fourth-order valence-electron chi connectivity index (χ4n) is 4.34. The first-order valence-corrected chi connectivity index (χ1v) is 12.0. The molecular weight excluding hydrogens is 520 g/mol. The molecule has 1 N–H and O–H groups in total. The van der Waals surface area contributed by atoms with Crippen LogP contribution in [0.5, 0.6) is 0 Å². The summed E-state index contributed by atoms with van der Waals surface area (Å²) in [5.74, 6) is -2.36. The summed E-state index contributed by atoms with van der Waals surface area (Å²) in [4.78, 5) is 39.2. The van der Waals surface area contributed by atoms with Gasteiger partial charge in [0.15, 0.2) is 5.54 Å². The molecule has 0 spiro atoms. The number of quaternary nitrogens is 1. The number of nitrogens with zero attached hydrogens (tertiary/aromatic N) is 2. The Kier molecular flexibility index (Phi) is 7.74. The molecule has 0 bridgehead atoms. The molecule has 1 aromatic carbocycles. The maximum Gasteiger partial charge on any atom is 0.335 e. The minimum absolute atomic E-state index is 0.0721. The molecule has 30 heavy (non-hydrogen) atoms. The van der Waals surface area contributed by atoms with Crippen molar-refractivity contribution in [2.45, 2.75) is 45.7 Å². The van der Waals surface area contributed by atoms with Crippen LogP contribution in [0.4, 0.5) is 4.79 Å². The van der Waals surface area contributed by atoms with Gasteiger partial charge in [0.05, 0.1) is 5.92 Å². The van der Waals surface area contributed by atoms with E-state index in [2.05, 4.69) is 31.9 Å². The number of carbonyl (C=O) groups excluding carboxylic acids is 2. The van der Waals surface area contributed by atoms with Gasteiger partial charge in [-0.2, -0.15) is 9.60 Å². The van der Waals surface area contributed by atoms with Gasteiger partial charge in [0.25, 0.3) is 12.0 Å². The van der Waals surface area contributed by atoms with Gasteiger partial charge < -0.3 is 15.0 Å². The van der Waals surface area contributed by atoms with Gasteiger partial charge in [-0.05, 0) is 6.42 Å². The quantitative estimate of drug-likeness (QED) is 0.436. The van der Waals surface area contributed by atoms with Gasteiger partial charge in [0, 0.05) is 28.1 Å². The maximum absolute atomic E-state index is 13.7. The Morgan fingerprint density at radius 1 is 1.20 bits per heavy atom. The van der Waals surface area contributed by atoms with Crippen molar-refractivity contribution in [2.24, 2.45) is 11.3 Å².